The molecule has 1 saturated heterocycles. The van der Waals surface area contributed by atoms with Gasteiger partial charge in [-0.3, -0.25) is 4.79 Å². The van der Waals surface area contributed by atoms with Gasteiger partial charge in [-0.25, -0.2) is 13.1 Å². The third-order valence-corrected chi connectivity index (χ3v) is 7.97. The SMILES string of the molecule is Cc1c(C(=O)N2CC[C@H](c3ccccc3Cl)S(=O)(=O)CC2)cnn1-c1ccccc1. The van der Waals surface area contributed by atoms with Crippen LogP contribution in [-0.4, -0.2) is 47.8 Å². The van der Waals surface area contributed by atoms with E-state index in [1.807, 2.05) is 37.3 Å². The van der Waals surface area contributed by atoms with E-state index < -0.39 is 15.1 Å². The first-order chi connectivity index (χ1) is 14.4. The third kappa shape index (κ3) is 3.87. The van der Waals surface area contributed by atoms with E-state index in [4.69, 9.17) is 11.6 Å². The Morgan fingerprint density at radius 2 is 1.77 bits per heavy atom. The third-order valence-electron chi connectivity index (χ3n) is 5.52. The Morgan fingerprint density at radius 1 is 1.07 bits per heavy atom. The molecule has 3 aromatic rings. The zero-order valence-corrected chi connectivity index (χ0v) is 18.1. The van der Waals surface area contributed by atoms with Crippen LogP contribution in [-0.2, 0) is 9.84 Å². The highest BCUT2D eigenvalue weighted by Crippen LogP contribution is 2.34. The molecule has 4 rings (SSSR count). The van der Waals surface area contributed by atoms with Crippen molar-refractivity contribution in [2.24, 2.45) is 0 Å². The predicted molar refractivity (Wildman–Crippen MR) is 117 cm³/mol. The lowest BCUT2D eigenvalue weighted by Crippen LogP contribution is -2.33. The second-order valence-electron chi connectivity index (χ2n) is 7.35. The molecule has 8 heteroatoms. The van der Waals surface area contributed by atoms with Crippen molar-refractivity contribution in [2.45, 2.75) is 18.6 Å². The molecule has 1 atom stereocenters. The van der Waals surface area contributed by atoms with Crippen LogP contribution in [0.15, 0.2) is 60.8 Å². The van der Waals surface area contributed by atoms with Gasteiger partial charge in [0.15, 0.2) is 9.84 Å². The fraction of sp³-hybridized carbons (Fsp3) is 0.273. The van der Waals surface area contributed by atoms with E-state index in [1.54, 1.807) is 40.0 Å². The molecule has 0 bridgehead atoms. The Bertz CT molecular complexity index is 1180. The number of sulfone groups is 1. The van der Waals surface area contributed by atoms with Crippen LogP contribution in [0.1, 0.15) is 33.3 Å². The van der Waals surface area contributed by atoms with E-state index in [0.29, 0.717) is 29.1 Å². The number of aromatic nitrogens is 2. The molecule has 2 heterocycles. The summed E-state index contributed by atoms with van der Waals surface area (Å²) in [5, 5.41) is 4.09. The number of halogens is 1. The van der Waals surface area contributed by atoms with E-state index in [1.165, 1.54) is 0 Å². The molecule has 30 heavy (non-hydrogen) atoms. The number of nitrogens with zero attached hydrogens (tertiary/aromatic N) is 3. The number of para-hydroxylation sites is 1. The largest absolute Gasteiger partial charge is 0.337 e. The fourth-order valence-corrected chi connectivity index (χ4v) is 6.00. The van der Waals surface area contributed by atoms with Crippen molar-refractivity contribution in [3.05, 3.63) is 82.6 Å². The highest BCUT2D eigenvalue weighted by molar-refractivity contribution is 7.91. The van der Waals surface area contributed by atoms with Crippen molar-refractivity contribution >= 4 is 27.3 Å². The molecule has 1 aliphatic rings. The zero-order valence-electron chi connectivity index (χ0n) is 16.5. The van der Waals surface area contributed by atoms with Gasteiger partial charge >= 0.3 is 0 Å². The summed E-state index contributed by atoms with van der Waals surface area (Å²) in [6, 6.07) is 16.6. The molecule has 0 N–H and O–H groups in total. The summed E-state index contributed by atoms with van der Waals surface area (Å²) in [5.74, 6) is -0.301. The summed E-state index contributed by atoms with van der Waals surface area (Å²) in [6.07, 6.45) is 1.86. The molecule has 0 unspecified atom stereocenters. The molecule has 0 aliphatic carbocycles. The number of carbonyl (C=O) groups excluding carboxylic acids is 1. The second-order valence-corrected chi connectivity index (χ2v) is 10.1. The molecule has 1 aliphatic heterocycles. The van der Waals surface area contributed by atoms with Crippen molar-refractivity contribution in [3.63, 3.8) is 0 Å². The summed E-state index contributed by atoms with van der Waals surface area (Å²) < 4.78 is 27.5. The van der Waals surface area contributed by atoms with Crippen LogP contribution in [0.4, 0.5) is 0 Å². The lowest BCUT2D eigenvalue weighted by atomic mass is 10.1. The highest BCUT2D eigenvalue weighted by Gasteiger charge is 2.34. The summed E-state index contributed by atoms with van der Waals surface area (Å²) in [6.45, 7) is 2.33. The van der Waals surface area contributed by atoms with E-state index in [9.17, 15) is 13.2 Å². The van der Waals surface area contributed by atoms with Gasteiger partial charge in [0, 0.05) is 18.1 Å². The Kier molecular flexibility index (Phi) is 5.66. The maximum absolute atomic E-state index is 13.2. The van der Waals surface area contributed by atoms with Crippen molar-refractivity contribution in [3.8, 4) is 5.69 Å². The van der Waals surface area contributed by atoms with Crippen LogP contribution in [0.2, 0.25) is 5.02 Å². The first-order valence-electron chi connectivity index (χ1n) is 9.74. The predicted octanol–water partition coefficient (Wildman–Crippen LogP) is 3.84. The molecule has 0 radical (unpaired) electrons. The molecule has 156 valence electrons. The lowest BCUT2D eigenvalue weighted by Gasteiger charge is -2.20. The normalized spacial score (nSPS) is 18.7. The van der Waals surface area contributed by atoms with Crippen LogP contribution >= 0.6 is 11.6 Å². The van der Waals surface area contributed by atoms with Crippen molar-refractivity contribution < 1.29 is 13.2 Å². The van der Waals surface area contributed by atoms with Crippen LogP contribution in [0.25, 0.3) is 5.69 Å². The van der Waals surface area contributed by atoms with Gasteiger partial charge in [-0.1, -0.05) is 48.0 Å². The van der Waals surface area contributed by atoms with E-state index in [0.717, 1.165) is 11.4 Å². The van der Waals surface area contributed by atoms with E-state index in [2.05, 4.69) is 5.10 Å². The Balaban J connectivity index is 1.59. The standard InChI is InChI=1S/C22H22ClN3O3S/c1-16-19(15-24-26(16)17-7-3-2-4-8-17)22(27)25-12-11-21(30(28,29)14-13-25)18-9-5-6-10-20(18)23/h2-10,15,21H,11-14H2,1H3/t21-/m1/s1. The number of carbonyl (C=O) groups is 1. The van der Waals surface area contributed by atoms with Crippen LogP contribution in [0.5, 0.6) is 0 Å². The molecule has 0 spiro atoms. The lowest BCUT2D eigenvalue weighted by molar-refractivity contribution is 0.0766. The van der Waals surface area contributed by atoms with Crippen LogP contribution < -0.4 is 0 Å². The smallest absolute Gasteiger partial charge is 0.257 e. The highest BCUT2D eigenvalue weighted by atomic mass is 35.5. The Morgan fingerprint density at radius 3 is 2.50 bits per heavy atom. The topological polar surface area (TPSA) is 72.3 Å². The molecule has 1 amide bonds. The maximum Gasteiger partial charge on any atom is 0.257 e. The zero-order chi connectivity index (χ0) is 21.3. The van der Waals surface area contributed by atoms with Gasteiger partial charge < -0.3 is 4.90 Å². The van der Waals surface area contributed by atoms with Crippen LogP contribution in [0, 0.1) is 6.92 Å². The molecular formula is C22H22ClN3O3S. The van der Waals surface area contributed by atoms with Gasteiger partial charge in [0.2, 0.25) is 0 Å². The minimum atomic E-state index is -3.43. The van der Waals surface area contributed by atoms with Gasteiger partial charge in [-0.15, -0.1) is 0 Å². The van der Waals surface area contributed by atoms with Gasteiger partial charge in [0.05, 0.1) is 34.1 Å². The number of rotatable bonds is 3. The number of benzene rings is 2. The van der Waals surface area contributed by atoms with E-state index in [-0.39, 0.29) is 18.2 Å². The number of amides is 1. The van der Waals surface area contributed by atoms with Gasteiger partial charge in [-0.2, -0.15) is 5.10 Å². The van der Waals surface area contributed by atoms with Crippen LogP contribution in [0.3, 0.4) is 0 Å². The second kappa shape index (κ2) is 8.24. The molecule has 1 fully saturated rings. The summed E-state index contributed by atoms with van der Waals surface area (Å²) in [5.41, 5.74) is 2.67. The summed E-state index contributed by atoms with van der Waals surface area (Å²) in [4.78, 5) is 14.8. The molecule has 0 saturated carbocycles. The van der Waals surface area contributed by atoms with Gasteiger partial charge in [-0.05, 0) is 37.1 Å². The molecule has 2 aromatic carbocycles. The Labute approximate surface area is 181 Å². The van der Waals surface area contributed by atoms with Crippen molar-refractivity contribution in [2.75, 3.05) is 18.8 Å². The van der Waals surface area contributed by atoms with Crippen molar-refractivity contribution in [1.82, 2.24) is 14.7 Å². The monoisotopic (exact) mass is 443 g/mol. The fourth-order valence-electron chi connectivity index (χ4n) is 3.85. The average Bonchev–Trinajstić information content (AvgIpc) is 3.04. The minimum Gasteiger partial charge on any atom is -0.337 e. The summed E-state index contributed by atoms with van der Waals surface area (Å²) in [7, 11) is -3.43. The van der Waals surface area contributed by atoms with Gasteiger partial charge in [0.25, 0.3) is 5.91 Å². The minimum absolute atomic E-state index is 0.0967. The quantitative estimate of drug-likeness (QED) is 0.616. The first-order valence-corrected chi connectivity index (χ1v) is 11.8. The van der Waals surface area contributed by atoms with Gasteiger partial charge in [0.1, 0.15) is 0 Å². The first kappa shape index (κ1) is 20.6. The number of hydrogen-bond donors (Lipinski definition) is 0. The molecular weight excluding hydrogens is 422 g/mol. The average molecular weight is 444 g/mol. The summed E-state index contributed by atoms with van der Waals surface area (Å²) >= 11 is 6.26. The van der Waals surface area contributed by atoms with Crippen molar-refractivity contribution in [1.29, 1.82) is 0 Å². The molecule has 1 aromatic heterocycles. The Hall–Kier alpha value is -2.64. The maximum atomic E-state index is 13.2. The number of hydrogen-bond acceptors (Lipinski definition) is 4. The van der Waals surface area contributed by atoms with E-state index >= 15 is 0 Å². The molecule has 6 nitrogen and oxygen atoms in total.